The molecule has 2 amide bonds. The fourth-order valence-electron chi connectivity index (χ4n) is 3.26. The molecule has 3 N–H and O–H groups in total. The number of nitrogens with zero attached hydrogens (tertiary/aromatic N) is 3. The molecule has 0 saturated carbocycles. The van der Waals surface area contributed by atoms with Crippen LogP contribution < -0.4 is 10.6 Å². The third-order valence-corrected chi connectivity index (χ3v) is 4.94. The van der Waals surface area contributed by atoms with Gasteiger partial charge in [-0.2, -0.15) is 10.4 Å². The predicted molar refractivity (Wildman–Crippen MR) is 114 cm³/mol. The molecule has 2 heterocycles. The minimum absolute atomic E-state index is 0.126. The first-order chi connectivity index (χ1) is 14.2. The molecule has 0 aliphatic carbocycles. The van der Waals surface area contributed by atoms with Crippen molar-refractivity contribution in [3.63, 3.8) is 0 Å². The standard InChI is InChI=1S/C22H26N6O2/c1-22(2,3)19-12-18(28(4)27-19)21(30)26-17(20(29)24-10-9-23)11-14-13-25-16-8-6-5-7-15(14)16/h5-8,12-13,17,25H,10-11H2,1-4H3,(H,24,29)(H,26,30)/t17-/m0/s1. The van der Waals surface area contributed by atoms with Gasteiger partial charge in [-0.25, -0.2) is 0 Å². The van der Waals surface area contributed by atoms with Gasteiger partial charge in [-0.15, -0.1) is 0 Å². The van der Waals surface area contributed by atoms with E-state index in [1.807, 2.05) is 57.3 Å². The van der Waals surface area contributed by atoms with Crippen LogP contribution in [0.4, 0.5) is 0 Å². The van der Waals surface area contributed by atoms with Crippen LogP contribution in [0.1, 0.15) is 42.5 Å². The number of aromatic amines is 1. The predicted octanol–water partition coefficient (Wildman–Crippen LogP) is 2.18. The molecule has 1 atom stereocenters. The Morgan fingerprint density at radius 1 is 1.30 bits per heavy atom. The monoisotopic (exact) mass is 406 g/mol. The summed E-state index contributed by atoms with van der Waals surface area (Å²) >= 11 is 0. The molecular weight excluding hydrogens is 380 g/mol. The summed E-state index contributed by atoms with van der Waals surface area (Å²) in [5.41, 5.74) is 2.82. The summed E-state index contributed by atoms with van der Waals surface area (Å²) in [4.78, 5) is 28.8. The van der Waals surface area contributed by atoms with Gasteiger partial charge in [-0.05, 0) is 17.7 Å². The third kappa shape index (κ3) is 4.51. The number of H-pyrrole nitrogens is 1. The van der Waals surface area contributed by atoms with Crippen molar-refractivity contribution in [3.05, 3.63) is 53.5 Å². The highest BCUT2D eigenvalue weighted by Crippen LogP contribution is 2.22. The molecule has 0 bridgehead atoms. The Hall–Kier alpha value is -3.60. The number of fused-ring (bicyclic) bond motifs is 1. The van der Waals surface area contributed by atoms with Crippen LogP contribution in [0.15, 0.2) is 36.5 Å². The molecule has 3 rings (SSSR count). The molecule has 0 spiro atoms. The smallest absolute Gasteiger partial charge is 0.270 e. The third-order valence-electron chi connectivity index (χ3n) is 4.94. The molecule has 8 nitrogen and oxygen atoms in total. The average molecular weight is 406 g/mol. The largest absolute Gasteiger partial charge is 0.361 e. The number of amides is 2. The van der Waals surface area contributed by atoms with Gasteiger partial charge in [0.05, 0.1) is 11.8 Å². The summed E-state index contributed by atoms with van der Waals surface area (Å²) in [6, 6.07) is 10.6. The fraction of sp³-hybridized carbons (Fsp3) is 0.364. The quantitative estimate of drug-likeness (QED) is 0.544. The number of carbonyl (C=O) groups is 2. The second-order valence-corrected chi connectivity index (χ2v) is 8.25. The maximum Gasteiger partial charge on any atom is 0.270 e. The summed E-state index contributed by atoms with van der Waals surface area (Å²) in [5.74, 6) is -0.800. The molecule has 3 aromatic rings. The Balaban J connectivity index is 1.86. The topological polar surface area (TPSA) is 116 Å². The number of carbonyl (C=O) groups excluding carboxylic acids is 2. The summed E-state index contributed by atoms with van der Waals surface area (Å²) in [5, 5.41) is 19.6. The first-order valence-electron chi connectivity index (χ1n) is 9.75. The van der Waals surface area contributed by atoms with Crippen LogP contribution in [-0.2, 0) is 23.7 Å². The lowest BCUT2D eigenvalue weighted by Gasteiger charge is -2.17. The molecule has 0 aliphatic rings. The zero-order chi connectivity index (χ0) is 21.9. The van der Waals surface area contributed by atoms with E-state index >= 15 is 0 Å². The first kappa shape index (κ1) is 21.1. The molecule has 0 fully saturated rings. The molecule has 2 aromatic heterocycles. The van der Waals surface area contributed by atoms with Crippen LogP contribution in [0, 0.1) is 11.3 Å². The van der Waals surface area contributed by atoms with Gasteiger partial charge in [0.1, 0.15) is 18.3 Å². The van der Waals surface area contributed by atoms with E-state index < -0.39 is 17.9 Å². The van der Waals surface area contributed by atoms with Crippen LogP contribution in [0.25, 0.3) is 10.9 Å². The summed E-state index contributed by atoms with van der Waals surface area (Å²) < 4.78 is 1.52. The Kier molecular flexibility index (Phi) is 5.92. The van der Waals surface area contributed by atoms with Crippen molar-refractivity contribution >= 4 is 22.7 Å². The second-order valence-electron chi connectivity index (χ2n) is 8.25. The van der Waals surface area contributed by atoms with Crippen LogP contribution in [0.3, 0.4) is 0 Å². The van der Waals surface area contributed by atoms with Crippen molar-refractivity contribution in [3.8, 4) is 6.07 Å². The highest BCUT2D eigenvalue weighted by atomic mass is 16.2. The molecule has 0 radical (unpaired) electrons. The van der Waals surface area contributed by atoms with Gasteiger partial charge in [0.2, 0.25) is 5.91 Å². The SMILES string of the molecule is Cn1nc(C(C)(C)C)cc1C(=O)N[C@@H](Cc1c[nH]c2ccccc12)C(=O)NCC#N. The molecule has 0 saturated heterocycles. The maximum atomic E-state index is 13.0. The van der Waals surface area contributed by atoms with Crippen molar-refractivity contribution in [2.75, 3.05) is 6.54 Å². The van der Waals surface area contributed by atoms with Gasteiger partial charge in [-0.1, -0.05) is 39.0 Å². The van der Waals surface area contributed by atoms with Crippen molar-refractivity contribution < 1.29 is 9.59 Å². The number of nitriles is 1. The minimum atomic E-state index is -0.835. The molecule has 156 valence electrons. The van der Waals surface area contributed by atoms with E-state index in [0.29, 0.717) is 5.69 Å². The van der Waals surface area contributed by atoms with Crippen molar-refractivity contribution in [1.29, 1.82) is 5.26 Å². The zero-order valence-electron chi connectivity index (χ0n) is 17.6. The number of aryl methyl sites for hydroxylation is 1. The number of para-hydroxylation sites is 1. The van der Waals surface area contributed by atoms with Crippen molar-refractivity contribution in [1.82, 2.24) is 25.4 Å². The van der Waals surface area contributed by atoms with Gasteiger partial charge in [0.15, 0.2) is 0 Å². The van der Waals surface area contributed by atoms with Crippen LogP contribution in [0.5, 0.6) is 0 Å². The van der Waals surface area contributed by atoms with Gasteiger partial charge in [0.25, 0.3) is 5.91 Å². The van der Waals surface area contributed by atoms with E-state index in [1.54, 1.807) is 13.1 Å². The second kappa shape index (κ2) is 8.41. The van der Waals surface area contributed by atoms with Crippen molar-refractivity contribution in [2.24, 2.45) is 7.05 Å². The number of hydrogen-bond donors (Lipinski definition) is 3. The van der Waals surface area contributed by atoms with Gasteiger partial charge < -0.3 is 15.6 Å². The maximum absolute atomic E-state index is 13.0. The summed E-state index contributed by atoms with van der Waals surface area (Å²) in [6.07, 6.45) is 2.13. The molecule has 8 heteroatoms. The summed E-state index contributed by atoms with van der Waals surface area (Å²) in [7, 11) is 1.70. The lowest BCUT2D eigenvalue weighted by molar-refractivity contribution is -0.122. The normalized spacial score (nSPS) is 12.4. The minimum Gasteiger partial charge on any atom is -0.361 e. The molecule has 1 aromatic carbocycles. The first-order valence-corrected chi connectivity index (χ1v) is 9.75. The average Bonchev–Trinajstić information content (AvgIpc) is 3.29. The van der Waals surface area contributed by atoms with E-state index in [1.165, 1.54) is 4.68 Å². The van der Waals surface area contributed by atoms with Gasteiger partial charge >= 0.3 is 0 Å². The van der Waals surface area contributed by atoms with Crippen LogP contribution in [0.2, 0.25) is 0 Å². The van der Waals surface area contributed by atoms with Crippen LogP contribution >= 0.6 is 0 Å². The van der Waals surface area contributed by atoms with E-state index in [9.17, 15) is 9.59 Å². The van der Waals surface area contributed by atoms with Gasteiger partial charge in [-0.3, -0.25) is 14.3 Å². The Morgan fingerprint density at radius 3 is 2.70 bits per heavy atom. The Labute approximate surface area is 175 Å². The molecule has 30 heavy (non-hydrogen) atoms. The van der Waals surface area contributed by atoms with E-state index in [-0.39, 0.29) is 18.4 Å². The van der Waals surface area contributed by atoms with Crippen molar-refractivity contribution in [2.45, 2.75) is 38.6 Å². The molecular formula is C22H26N6O2. The number of aromatic nitrogens is 3. The Bertz CT molecular complexity index is 1110. The number of nitrogens with one attached hydrogen (secondary N) is 3. The highest BCUT2D eigenvalue weighted by Gasteiger charge is 2.26. The fourth-order valence-corrected chi connectivity index (χ4v) is 3.26. The highest BCUT2D eigenvalue weighted by molar-refractivity contribution is 5.97. The van der Waals surface area contributed by atoms with E-state index in [2.05, 4.69) is 20.7 Å². The van der Waals surface area contributed by atoms with E-state index in [4.69, 9.17) is 5.26 Å². The van der Waals surface area contributed by atoms with Crippen LogP contribution in [-0.4, -0.2) is 39.2 Å². The lowest BCUT2D eigenvalue weighted by atomic mass is 9.92. The molecule has 0 unspecified atom stereocenters. The Morgan fingerprint density at radius 2 is 2.03 bits per heavy atom. The lowest BCUT2D eigenvalue weighted by Crippen LogP contribution is -2.48. The number of hydrogen-bond acceptors (Lipinski definition) is 4. The zero-order valence-corrected chi connectivity index (χ0v) is 17.6. The summed E-state index contributed by atoms with van der Waals surface area (Å²) in [6.45, 7) is 5.93. The number of benzene rings is 1. The van der Waals surface area contributed by atoms with Gasteiger partial charge in [0, 0.05) is 36.0 Å². The number of rotatable bonds is 6. The molecule has 0 aliphatic heterocycles. The van der Waals surface area contributed by atoms with E-state index in [0.717, 1.165) is 22.2 Å².